The van der Waals surface area contributed by atoms with E-state index in [9.17, 15) is 13.2 Å². The molecule has 0 spiro atoms. The number of thioether (sulfide) groups is 1. The zero-order valence-electron chi connectivity index (χ0n) is 15.6. The molecule has 0 radical (unpaired) electrons. The highest BCUT2D eigenvalue weighted by Crippen LogP contribution is 2.34. The number of rotatable bonds is 4. The fourth-order valence-corrected chi connectivity index (χ4v) is 5.38. The van der Waals surface area contributed by atoms with Gasteiger partial charge in [-0.25, -0.2) is 0 Å². The third-order valence-corrected chi connectivity index (χ3v) is 6.74. The van der Waals surface area contributed by atoms with E-state index in [1.54, 1.807) is 41.3 Å². The maximum Gasteiger partial charge on any atom is 0.286 e. The van der Waals surface area contributed by atoms with E-state index in [0.717, 1.165) is 11.8 Å². The quantitative estimate of drug-likeness (QED) is 0.792. The Morgan fingerprint density at radius 1 is 1.17 bits per heavy atom. The van der Waals surface area contributed by atoms with Crippen molar-refractivity contribution < 1.29 is 22.7 Å². The van der Waals surface area contributed by atoms with Crippen molar-refractivity contribution in [1.82, 2.24) is 0 Å². The van der Waals surface area contributed by atoms with Gasteiger partial charge in [-0.05, 0) is 31.2 Å². The summed E-state index contributed by atoms with van der Waals surface area (Å²) in [6.07, 6.45) is 0. The molecule has 8 nitrogen and oxygen atoms in total. The molecule has 2 aliphatic heterocycles. The lowest BCUT2D eigenvalue weighted by molar-refractivity contribution is -0.113. The van der Waals surface area contributed by atoms with E-state index in [0.29, 0.717) is 42.6 Å². The van der Waals surface area contributed by atoms with Gasteiger partial charge < -0.3 is 19.7 Å². The van der Waals surface area contributed by atoms with E-state index >= 15 is 0 Å². The molecule has 4 rings (SSSR count). The second kappa shape index (κ2) is 7.96. The topological polar surface area (TPSA) is 97.3 Å². The van der Waals surface area contributed by atoms with Gasteiger partial charge >= 0.3 is 0 Å². The number of para-hydroxylation sites is 1. The molecule has 0 aliphatic carbocycles. The normalized spacial score (nSPS) is 16.6. The largest absolute Gasteiger partial charge is 0.486 e. The van der Waals surface area contributed by atoms with E-state index in [-0.39, 0.29) is 21.7 Å². The smallest absolute Gasteiger partial charge is 0.286 e. The van der Waals surface area contributed by atoms with Crippen LogP contribution >= 0.6 is 11.8 Å². The molecule has 0 fully saturated rings. The van der Waals surface area contributed by atoms with E-state index in [4.69, 9.17) is 9.47 Å². The fourth-order valence-electron chi connectivity index (χ4n) is 3.06. The van der Waals surface area contributed by atoms with Gasteiger partial charge in [-0.1, -0.05) is 23.9 Å². The Labute approximate surface area is 173 Å². The molecule has 1 N–H and O–H groups in total. The molecule has 2 aromatic rings. The molecule has 1 amide bonds. The summed E-state index contributed by atoms with van der Waals surface area (Å²) >= 11 is 1.08. The van der Waals surface area contributed by atoms with Crippen molar-refractivity contribution in [2.45, 2.75) is 11.8 Å². The summed E-state index contributed by atoms with van der Waals surface area (Å²) in [6, 6.07) is 11.9. The number of anilines is 2. The third-order valence-electron chi connectivity index (χ3n) is 4.34. The van der Waals surface area contributed by atoms with Crippen LogP contribution in [0.5, 0.6) is 11.5 Å². The van der Waals surface area contributed by atoms with Gasteiger partial charge in [0.05, 0.1) is 11.4 Å². The first-order valence-electron chi connectivity index (χ1n) is 9.02. The Balaban J connectivity index is 1.46. The van der Waals surface area contributed by atoms with Gasteiger partial charge in [0.2, 0.25) is 5.91 Å². The van der Waals surface area contributed by atoms with Crippen LogP contribution in [-0.4, -0.2) is 45.0 Å². The van der Waals surface area contributed by atoms with Crippen LogP contribution < -0.4 is 19.7 Å². The summed E-state index contributed by atoms with van der Waals surface area (Å²) in [5, 5.41) is 3.07. The van der Waals surface area contributed by atoms with Crippen LogP contribution in [0.15, 0.2) is 51.8 Å². The van der Waals surface area contributed by atoms with Crippen LogP contribution in [-0.2, 0) is 14.8 Å². The predicted molar refractivity (Wildman–Crippen MR) is 113 cm³/mol. The van der Waals surface area contributed by atoms with Crippen molar-refractivity contribution in [1.29, 1.82) is 0 Å². The number of hydrogen-bond acceptors (Lipinski definition) is 7. The maximum atomic E-state index is 12.5. The Hall–Kier alpha value is -2.72. The molecule has 2 aromatic carbocycles. The highest BCUT2D eigenvalue weighted by molar-refractivity contribution is 8.15. The molecule has 0 saturated heterocycles. The minimum absolute atomic E-state index is 0.0153. The average molecular weight is 434 g/mol. The highest BCUT2D eigenvalue weighted by Gasteiger charge is 2.30. The molecule has 0 atom stereocenters. The molecule has 152 valence electrons. The Morgan fingerprint density at radius 2 is 1.93 bits per heavy atom. The molecule has 0 unspecified atom stereocenters. The fraction of sp³-hybridized carbons (Fsp3) is 0.263. The van der Waals surface area contributed by atoms with Crippen LogP contribution in [0.4, 0.5) is 11.4 Å². The first-order valence-corrected chi connectivity index (χ1v) is 11.4. The van der Waals surface area contributed by atoms with E-state index < -0.39 is 10.0 Å². The van der Waals surface area contributed by atoms with Gasteiger partial charge in [0.25, 0.3) is 10.0 Å². The van der Waals surface area contributed by atoms with Gasteiger partial charge in [-0.15, -0.1) is 4.40 Å². The minimum Gasteiger partial charge on any atom is -0.486 e. The molecule has 0 aromatic heterocycles. The van der Waals surface area contributed by atoms with Crippen LogP contribution in [0.2, 0.25) is 0 Å². The number of hydrogen-bond donors (Lipinski definition) is 1. The SMILES string of the molecule is CCN1C(SCC(=O)Nc2ccc3c(c2)OCCO3)=NS(=O)(=O)c2ccccc21. The summed E-state index contributed by atoms with van der Waals surface area (Å²) in [7, 11) is -3.79. The van der Waals surface area contributed by atoms with Gasteiger partial charge in [-0.3, -0.25) is 4.79 Å². The minimum atomic E-state index is -3.79. The Morgan fingerprint density at radius 3 is 2.72 bits per heavy atom. The van der Waals surface area contributed by atoms with Crippen molar-refractivity contribution in [3.63, 3.8) is 0 Å². The molecule has 2 aliphatic rings. The number of amidine groups is 1. The Bertz CT molecular complexity index is 1090. The van der Waals surface area contributed by atoms with Crippen molar-refractivity contribution in [3.05, 3.63) is 42.5 Å². The van der Waals surface area contributed by atoms with Crippen LogP contribution in [0.25, 0.3) is 0 Å². The molecule has 10 heteroatoms. The second-order valence-corrected chi connectivity index (χ2v) is 8.77. The predicted octanol–water partition coefficient (Wildman–Crippen LogP) is 2.71. The van der Waals surface area contributed by atoms with Crippen molar-refractivity contribution in [2.75, 3.05) is 35.7 Å². The zero-order valence-corrected chi connectivity index (χ0v) is 17.3. The lowest BCUT2D eigenvalue weighted by atomic mass is 10.2. The standard InChI is InChI=1S/C19H19N3O5S2/c1-2-22-14-5-3-4-6-17(14)29(24,25)21-19(22)28-12-18(23)20-13-7-8-15-16(11-13)27-10-9-26-15/h3-8,11H,2,9-10,12H2,1H3,(H,20,23). The molecule has 0 bridgehead atoms. The van der Waals surface area contributed by atoms with Crippen molar-refractivity contribution in [2.24, 2.45) is 4.40 Å². The summed E-state index contributed by atoms with van der Waals surface area (Å²) in [6.45, 7) is 3.39. The van der Waals surface area contributed by atoms with Crippen molar-refractivity contribution >= 4 is 44.2 Å². The second-order valence-electron chi connectivity index (χ2n) is 6.26. The number of sulfonamides is 1. The van der Waals surface area contributed by atoms with Crippen LogP contribution in [0, 0.1) is 0 Å². The molecule has 2 heterocycles. The number of amides is 1. The number of benzene rings is 2. The van der Waals surface area contributed by atoms with E-state index in [1.807, 2.05) is 6.92 Å². The number of nitrogens with one attached hydrogen (secondary N) is 1. The lowest BCUT2D eigenvalue weighted by Crippen LogP contribution is -2.34. The third kappa shape index (κ3) is 4.03. The number of nitrogens with zero attached hydrogens (tertiary/aromatic N) is 2. The summed E-state index contributed by atoms with van der Waals surface area (Å²) in [4.78, 5) is 14.4. The number of carbonyl (C=O) groups excluding carboxylic acids is 1. The van der Waals surface area contributed by atoms with Crippen LogP contribution in [0.1, 0.15) is 6.92 Å². The number of carbonyl (C=O) groups is 1. The Kier molecular flexibility index (Phi) is 5.37. The lowest BCUT2D eigenvalue weighted by Gasteiger charge is -2.29. The molecule has 29 heavy (non-hydrogen) atoms. The summed E-state index contributed by atoms with van der Waals surface area (Å²) < 4.78 is 39.8. The monoisotopic (exact) mass is 433 g/mol. The van der Waals surface area contributed by atoms with Crippen molar-refractivity contribution in [3.8, 4) is 11.5 Å². The zero-order chi connectivity index (χ0) is 20.4. The number of ether oxygens (including phenoxy) is 2. The van der Waals surface area contributed by atoms with Crippen LogP contribution in [0.3, 0.4) is 0 Å². The average Bonchev–Trinajstić information content (AvgIpc) is 2.72. The van der Waals surface area contributed by atoms with Gasteiger partial charge in [0.1, 0.15) is 18.1 Å². The summed E-state index contributed by atoms with van der Waals surface area (Å²) in [5.41, 5.74) is 1.15. The first kappa shape index (κ1) is 19.6. The molecule has 0 saturated carbocycles. The summed E-state index contributed by atoms with van der Waals surface area (Å²) in [5.74, 6) is 0.962. The van der Waals surface area contributed by atoms with Gasteiger partial charge in [-0.2, -0.15) is 8.42 Å². The maximum absolute atomic E-state index is 12.5. The molecular weight excluding hydrogens is 414 g/mol. The van der Waals surface area contributed by atoms with Gasteiger partial charge in [0.15, 0.2) is 16.7 Å². The van der Waals surface area contributed by atoms with E-state index in [2.05, 4.69) is 9.71 Å². The number of fused-ring (bicyclic) bond motifs is 2. The first-order chi connectivity index (χ1) is 14.0. The van der Waals surface area contributed by atoms with Gasteiger partial charge in [0, 0.05) is 18.3 Å². The van der Waals surface area contributed by atoms with E-state index in [1.165, 1.54) is 6.07 Å². The highest BCUT2D eigenvalue weighted by atomic mass is 32.2. The molecular formula is C19H19N3O5S2.